The van der Waals surface area contributed by atoms with Crippen LogP contribution in [0.1, 0.15) is 39.9 Å². The Bertz CT molecular complexity index is 1590. The molecule has 10 heteroatoms. The van der Waals surface area contributed by atoms with E-state index in [4.69, 9.17) is 0 Å². The highest BCUT2D eigenvalue weighted by atomic mass is 19.4. The van der Waals surface area contributed by atoms with E-state index >= 15 is 0 Å². The number of nitrogens with one attached hydrogen (secondary N) is 1. The molecule has 0 spiro atoms. The van der Waals surface area contributed by atoms with Gasteiger partial charge in [-0.2, -0.15) is 18.3 Å². The summed E-state index contributed by atoms with van der Waals surface area (Å²) < 4.78 is 55.1. The molecule has 0 aliphatic heterocycles. The van der Waals surface area contributed by atoms with Gasteiger partial charge in [-0.1, -0.05) is 18.2 Å². The van der Waals surface area contributed by atoms with E-state index in [1.807, 2.05) is 12.1 Å². The number of fused-ring (bicyclic) bond motifs is 1. The number of alkyl halides is 3. The number of aromatic nitrogens is 2. The van der Waals surface area contributed by atoms with E-state index in [2.05, 4.69) is 10.4 Å². The SMILES string of the molecule is Cc1cc(NC(=O)C2(c3ccc(C(F)(F)F)cc3F)CC2)cc(C(=O)O)c1-c1ccc2cnn(C)c2c1. The van der Waals surface area contributed by atoms with Gasteiger partial charge in [0.1, 0.15) is 5.82 Å². The van der Waals surface area contributed by atoms with E-state index < -0.39 is 34.8 Å². The number of hydrogen-bond acceptors (Lipinski definition) is 3. The molecular weight excluding hydrogens is 490 g/mol. The van der Waals surface area contributed by atoms with E-state index in [0.717, 1.165) is 23.0 Å². The normalized spacial score (nSPS) is 14.5. The maximum absolute atomic E-state index is 14.6. The summed E-state index contributed by atoms with van der Waals surface area (Å²) >= 11 is 0. The highest BCUT2D eigenvalue weighted by Crippen LogP contribution is 2.50. The largest absolute Gasteiger partial charge is 0.478 e. The Morgan fingerprint density at radius 1 is 1.08 bits per heavy atom. The first-order chi connectivity index (χ1) is 17.4. The topological polar surface area (TPSA) is 84.2 Å². The summed E-state index contributed by atoms with van der Waals surface area (Å²) in [5.41, 5.74) is 0.140. The van der Waals surface area contributed by atoms with Gasteiger partial charge in [-0.15, -0.1) is 0 Å². The van der Waals surface area contributed by atoms with Crippen molar-refractivity contribution in [1.82, 2.24) is 9.78 Å². The lowest BCUT2D eigenvalue weighted by molar-refractivity contribution is -0.137. The van der Waals surface area contributed by atoms with Gasteiger partial charge in [-0.25, -0.2) is 9.18 Å². The van der Waals surface area contributed by atoms with Gasteiger partial charge in [-0.3, -0.25) is 9.48 Å². The number of anilines is 1. The van der Waals surface area contributed by atoms with Gasteiger partial charge in [0.25, 0.3) is 0 Å². The third-order valence-electron chi connectivity index (χ3n) is 6.86. The first kappa shape index (κ1) is 24.5. The molecule has 0 bridgehead atoms. The predicted octanol–water partition coefficient (Wildman–Crippen LogP) is 6.08. The standard InChI is InChI=1S/C27H21F4N3O3/c1-14-9-18(12-19(24(35)36)23(14)15-3-4-16-13-32-34(2)22(16)10-15)33-25(37)26(7-8-26)20-6-5-17(11-21(20)28)27(29,30)31/h3-6,9-13H,7-8H2,1-2H3,(H,33,37)(H,35,36). The molecule has 3 aromatic carbocycles. The van der Waals surface area contributed by atoms with Gasteiger partial charge >= 0.3 is 12.1 Å². The number of amides is 1. The summed E-state index contributed by atoms with van der Waals surface area (Å²) in [4.78, 5) is 25.4. The van der Waals surface area contributed by atoms with Gasteiger partial charge in [0.05, 0.1) is 28.3 Å². The van der Waals surface area contributed by atoms with Gasteiger partial charge in [0, 0.05) is 23.7 Å². The molecule has 1 aromatic heterocycles. The number of aromatic carboxylic acids is 1. The number of hydrogen-bond donors (Lipinski definition) is 2. The van der Waals surface area contributed by atoms with E-state index in [-0.39, 0.29) is 29.7 Å². The van der Waals surface area contributed by atoms with Gasteiger partial charge in [0.2, 0.25) is 5.91 Å². The van der Waals surface area contributed by atoms with Crippen LogP contribution in [0.3, 0.4) is 0 Å². The number of carbonyl (C=O) groups is 2. The molecule has 1 fully saturated rings. The minimum absolute atomic E-state index is 0.0395. The van der Waals surface area contributed by atoms with Crippen LogP contribution in [0.15, 0.2) is 54.7 Å². The second-order valence-electron chi connectivity index (χ2n) is 9.29. The quantitative estimate of drug-likeness (QED) is 0.319. The highest BCUT2D eigenvalue weighted by Gasteiger charge is 2.53. The summed E-state index contributed by atoms with van der Waals surface area (Å²) in [5, 5.41) is 17.7. The summed E-state index contributed by atoms with van der Waals surface area (Å²) in [6.07, 6.45) is -2.48. The first-order valence-electron chi connectivity index (χ1n) is 11.4. The number of carboxylic acid groups (broad SMARTS) is 1. The van der Waals surface area contributed by atoms with Crippen molar-refractivity contribution in [2.24, 2.45) is 7.05 Å². The monoisotopic (exact) mass is 511 g/mol. The van der Waals surface area contributed by atoms with Crippen LogP contribution in [0.5, 0.6) is 0 Å². The molecule has 1 aliphatic rings. The molecule has 4 aromatic rings. The summed E-state index contributed by atoms with van der Waals surface area (Å²) in [7, 11) is 1.78. The number of carboxylic acids is 1. The van der Waals surface area contributed by atoms with Gasteiger partial charge < -0.3 is 10.4 Å². The van der Waals surface area contributed by atoms with E-state index in [1.165, 1.54) is 6.07 Å². The Balaban J connectivity index is 1.48. The van der Waals surface area contributed by atoms with Crippen molar-refractivity contribution < 1.29 is 32.3 Å². The van der Waals surface area contributed by atoms with Crippen molar-refractivity contribution in [2.75, 3.05) is 5.32 Å². The van der Waals surface area contributed by atoms with Crippen molar-refractivity contribution >= 4 is 28.5 Å². The minimum Gasteiger partial charge on any atom is -0.478 e. The van der Waals surface area contributed by atoms with Crippen LogP contribution in [0.4, 0.5) is 23.2 Å². The van der Waals surface area contributed by atoms with Crippen LogP contribution in [-0.2, 0) is 23.4 Å². The average Bonchev–Trinajstić information content (AvgIpc) is 3.55. The lowest BCUT2D eigenvalue weighted by Crippen LogP contribution is -2.29. The number of nitrogens with zero attached hydrogens (tertiary/aromatic N) is 2. The molecule has 0 atom stereocenters. The first-order valence-corrected chi connectivity index (χ1v) is 11.4. The van der Waals surface area contributed by atoms with Crippen LogP contribution in [-0.4, -0.2) is 26.8 Å². The molecule has 5 rings (SSSR count). The van der Waals surface area contributed by atoms with Crippen molar-refractivity contribution in [3.8, 4) is 11.1 Å². The zero-order valence-electron chi connectivity index (χ0n) is 19.8. The molecule has 1 heterocycles. The third-order valence-corrected chi connectivity index (χ3v) is 6.86. The fourth-order valence-corrected chi connectivity index (χ4v) is 4.78. The maximum atomic E-state index is 14.6. The van der Waals surface area contributed by atoms with Crippen LogP contribution in [0.25, 0.3) is 22.0 Å². The fourth-order valence-electron chi connectivity index (χ4n) is 4.78. The zero-order valence-corrected chi connectivity index (χ0v) is 19.8. The van der Waals surface area contributed by atoms with Crippen LogP contribution < -0.4 is 5.32 Å². The van der Waals surface area contributed by atoms with Crippen molar-refractivity contribution in [1.29, 1.82) is 0 Å². The second-order valence-corrected chi connectivity index (χ2v) is 9.29. The number of carbonyl (C=O) groups excluding carboxylic acids is 1. The Labute approximate surface area is 208 Å². The zero-order chi connectivity index (χ0) is 26.7. The van der Waals surface area contributed by atoms with E-state index in [0.29, 0.717) is 22.8 Å². The molecule has 0 saturated heterocycles. The lowest BCUT2D eigenvalue weighted by Gasteiger charge is -2.19. The summed E-state index contributed by atoms with van der Waals surface area (Å²) in [6, 6.07) is 10.6. The molecule has 1 aliphatic carbocycles. The predicted molar refractivity (Wildman–Crippen MR) is 129 cm³/mol. The molecule has 0 radical (unpaired) electrons. The summed E-state index contributed by atoms with van der Waals surface area (Å²) in [6.45, 7) is 1.72. The van der Waals surface area contributed by atoms with Gasteiger partial charge in [0.15, 0.2) is 0 Å². The second kappa shape index (κ2) is 8.43. The third kappa shape index (κ3) is 4.22. The Kier molecular flexibility index (Phi) is 5.58. The molecular formula is C27H21F4N3O3. The molecule has 2 N–H and O–H groups in total. The van der Waals surface area contributed by atoms with Crippen molar-refractivity contribution in [2.45, 2.75) is 31.4 Å². The lowest BCUT2D eigenvalue weighted by atomic mass is 9.92. The fraction of sp³-hybridized carbons (Fsp3) is 0.222. The number of aryl methyl sites for hydroxylation is 2. The smallest absolute Gasteiger partial charge is 0.416 e. The Morgan fingerprint density at radius 3 is 2.43 bits per heavy atom. The molecule has 0 unspecified atom stereocenters. The van der Waals surface area contributed by atoms with E-state index in [1.54, 1.807) is 37.0 Å². The molecule has 1 amide bonds. The summed E-state index contributed by atoms with van der Waals surface area (Å²) in [5.74, 6) is -2.91. The van der Waals surface area contributed by atoms with Crippen molar-refractivity contribution in [3.05, 3.63) is 82.8 Å². The van der Waals surface area contributed by atoms with Crippen LogP contribution in [0.2, 0.25) is 0 Å². The molecule has 6 nitrogen and oxygen atoms in total. The average molecular weight is 511 g/mol. The van der Waals surface area contributed by atoms with Crippen LogP contribution in [0, 0.1) is 12.7 Å². The number of rotatable bonds is 5. The number of benzene rings is 3. The van der Waals surface area contributed by atoms with Crippen molar-refractivity contribution in [3.63, 3.8) is 0 Å². The van der Waals surface area contributed by atoms with Gasteiger partial charge in [-0.05, 0) is 66.8 Å². The molecule has 1 saturated carbocycles. The maximum Gasteiger partial charge on any atom is 0.416 e. The Morgan fingerprint density at radius 2 is 1.81 bits per heavy atom. The molecule has 37 heavy (non-hydrogen) atoms. The minimum atomic E-state index is -4.70. The number of halogens is 4. The highest BCUT2D eigenvalue weighted by molar-refractivity contribution is 6.04. The Hall–Kier alpha value is -4.21. The molecule has 190 valence electrons. The van der Waals surface area contributed by atoms with Crippen LogP contribution >= 0.6 is 0 Å². The van der Waals surface area contributed by atoms with E-state index in [9.17, 15) is 32.3 Å².